The summed E-state index contributed by atoms with van der Waals surface area (Å²) >= 11 is 0. The normalized spacial score (nSPS) is 13.0. The minimum Gasteiger partial charge on any atom is -0.519 e. The van der Waals surface area contributed by atoms with Crippen LogP contribution in [0.3, 0.4) is 0 Å². The zero-order chi connectivity index (χ0) is 17.9. The van der Waals surface area contributed by atoms with Gasteiger partial charge in [0.25, 0.3) is 0 Å². The summed E-state index contributed by atoms with van der Waals surface area (Å²) in [5, 5.41) is 0. The summed E-state index contributed by atoms with van der Waals surface area (Å²) in [5.74, 6) is 1.82. The van der Waals surface area contributed by atoms with E-state index in [2.05, 4.69) is 62.3 Å². The second kappa shape index (κ2) is 5.58. The fourth-order valence-corrected chi connectivity index (χ4v) is 3.77. The first-order valence-corrected chi connectivity index (χ1v) is 8.67. The van der Waals surface area contributed by atoms with E-state index in [9.17, 15) is 0 Å². The molecule has 0 N–H and O–H groups in total. The number of hydrogen-bond donors (Lipinski definition) is 0. The van der Waals surface area contributed by atoms with Crippen molar-refractivity contribution in [2.75, 3.05) is 0 Å². The fraction of sp³-hybridized carbons (Fsp3) is 0.429. The van der Waals surface area contributed by atoms with Gasteiger partial charge >= 0.3 is 7.12 Å². The lowest BCUT2D eigenvalue weighted by atomic mass is 9.70. The van der Waals surface area contributed by atoms with E-state index in [4.69, 9.17) is 9.31 Å². The van der Waals surface area contributed by atoms with E-state index >= 15 is 0 Å². The summed E-state index contributed by atoms with van der Waals surface area (Å²) in [6.07, 6.45) is 0. The molecule has 0 fully saturated rings. The Kier molecular flexibility index (Phi) is 3.94. The standard InChI is InChI=1S/C21H27BO2/c1-10-11(2)15(6)19(16(7)12(10)3)22-23-20-17(8)13(4)14(5)18(9)21(20)24-22/h1-9H3. The Labute approximate surface area is 146 Å². The molecule has 1 aliphatic heterocycles. The third-order valence-corrected chi connectivity index (χ3v) is 6.32. The Bertz CT molecular complexity index is 799. The quantitative estimate of drug-likeness (QED) is 0.713. The van der Waals surface area contributed by atoms with Gasteiger partial charge in [-0.2, -0.15) is 0 Å². The molecule has 0 aromatic heterocycles. The summed E-state index contributed by atoms with van der Waals surface area (Å²) in [6, 6.07) is 0. The maximum absolute atomic E-state index is 6.33. The van der Waals surface area contributed by atoms with E-state index in [1.165, 1.54) is 55.5 Å². The molecular weight excluding hydrogens is 295 g/mol. The lowest BCUT2D eigenvalue weighted by molar-refractivity contribution is 0.515. The van der Waals surface area contributed by atoms with Crippen molar-refractivity contribution in [3.05, 3.63) is 50.1 Å². The van der Waals surface area contributed by atoms with Crippen molar-refractivity contribution >= 4 is 12.6 Å². The van der Waals surface area contributed by atoms with Crippen LogP contribution in [0.25, 0.3) is 0 Å². The van der Waals surface area contributed by atoms with Gasteiger partial charge in [0, 0.05) is 5.46 Å². The molecule has 0 atom stereocenters. The van der Waals surface area contributed by atoms with Gasteiger partial charge in [0.15, 0.2) is 0 Å². The molecule has 0 spiro atoms. The molecule has 2 aromatic carbocycles. The van der Waals surface area contributed by atoms with Crippen molar-refractivity contribution in [3.63, 3.8) is 0 Å². The summed E-state index contributed by atoms with van der Waals surface area (Å²) in [5.41, 5.74) is 12.7. The molecule has 0 unspecified atom stereocenters. The van der Waals surface area contributed by atoms with Gasteiger partial charge in [-0.3, -0.25) is 0 Å². The van der Waals surface area contributed by atoms with E-state index in [1.54, 1.807) is 0 Å². The van der Waals surface area contributed by atoms with Gasteiger partial charge in [0.2, 0.25) is 0 Å². The molecule has 1 aliphatic rings. The topological polar surface area (TPSA) is 18.5 Å². The molecule has 2 nitrogen and oxygen atoms in total. The van der Waals surface area contributed by atoms with Crippen LogP contribution in [0.15, 0.2) is 0 Å². The fourth-order valence-electron chi connectivity index (χ4n) is 3.77. The van der Waals surface area contributed by atoms with E-state index < -0.39 is 0 Å². The van der Waals surface area contributed by atoms with Gasteiger partial charge < -0.3 is 9.31 Å². The van der Waals surface area contributed by atoms with Crippen molar-refractivity contribution in [3.8, 4) is 11.5 Å². The van der Waals surface area contributed by atoms with Crippen LogP contribution in [0.4, 0.5) is 0 Å². The van der Waals surface area contributed by atoms with Crippen LogP contribution in [-0.4, -0.2) is 7.12 Å². The highest BCUT2D eigenvalue weighted by atomic mass is 16.6. The second-order valence-corrected chi connectivity index (χ2v) is 7.26. The van der Waals surface area contributed by atoms with Crippen molar-refractivity contribution in [2.45, 2.75) is 62.3 Å². The zero-order valence-corrected chi connectivity index (χ0v) is 16.4. The Morgan fingerprint density at radius 1 is 0.417 bits per heavy atom. The van der Waals surface area contributed by atoms with Crippen LogP contribution >= 0.6 is 0 Å². The third kappa shape index (κ3) is 2.17. The van der Waals surface area contributed by atoms with E-state index in [0.29, 0.717) is 0 Å². The molecule has 0 amide bonds. The lowest BCUT2D eigenvalue weighted by Crippen LogP contribution is -2.43. The summed E-state index contributed by atoms with van der Waals surface area (Å²) in [7, 11) is -0.350. The highest BCUT2D eigenvalue weighted by molar-refractivity contribution is 6.65. The first-order chi connectivity index (χ1) is 11.2. The van der Waals surface area contributed by atoms with Crippen molar-refractivity contribution < 1.29 is 9.31 Å². The van der Waals surface area contributed by atoms with Crippen LogP contribution < -0.4 is 14.8 Å². The minimum absolute atomic E-state index is 0.350. The smallest absolute Gasteiger partial charge is 0.519 e. The van der Waals surface area contributed by atoms with E-state index in [0.717, 1.165) is 11.5 Å². The lowest BCUT2D eigenvalue weighted by Gasteiger charge is -2.19. The first-order valence-electron chi connectivity index (χ1n) is 8.67. The molecule has 24 heavy (non-hydrogen) atoms. The molecule has 2 aromatic rings. The maximum Gasteiger partial charge on any atom is 0.633 e. The van der Waals surface area contributed by atoms with E-state index in [-0.39, 0.29) is 7.12 Å². The van der Waals surface area contributed by atoms with Crippen LogP contribution in [-0.2, 0) is 0 Å². The molecule has 0 aliphatic carbocycles. The number of hydrogen-bond acceptors (Lipinski definition) is 2. The Morgan fingerprint density at radius 2 is 0.708 bits per heavy atom. The second-order valence-electron chi connectivity index (χ2n) is 7.26. The molecule has 0 saturated heterocycles. The average Bonchev–Trinajstić information content (AvgIpc) is 2.99. The molecule has 0 saturated carbocycles. The molecule has 126 valence electrons. The zero-order valence-electron chi connectivity index (χ0n) is 16.4. The highest BCUT2D eigenvalue weighted by Gasteiger charge is 2.40. The Morgan fingerprint density at radius 3 is 1.08 bits per heavy atom. The Hall–Kier alpha value is -1.90. The molecule has 1 heterocycles. The summed E-state index contributed by atoms with van der Waals surface area (Å²) in [4.78, 5) is 0. The van der Waals surface area contributed by atoms with Gasteiger partial charge in [-0.1, -0.05) is 0 Å². The van der Waals surface area contributed by atoms with Crippen molar-refractivity contribution in [1.29, 1.82) is 0 Å². The van der Waals surface area contributed by atoms with Gasteiger partial charge in [-0.05, 0) is 112 Å². The van der Waals surface area contributed by atoms with E-state index in [1.807, 2.05) is 0 Å². The highest BCUT2D eigenvalue weighted by Crippen LogP contribution is 2.43. The van der Waals surface area contributed by atoms with Crippen molar-refractivity contribution in [1.82, 2.24) is 0 Å². The average molecular weight is 322 g/mol. The SMILES string of the molecule is Cc1c(C)c(C)c(B2Oc3c(C)c(C)c(C)c(C)c3O2)c(C)c1C. The predicted octanol–water partition coefficient (Wildman–Crippen LogP) is 4.63. The molecule has 3 heteroatoms. The Balaban J connectivity index is 2.16. The van der Waals surface area contributed by atoms with Gasteiger partial charge in [-0.25, -0.2) is 0 Å². The van der Waals surface area contributed by atoms with Crippen LogP contribution in [0.1, 0.15) is 50.1 Å². The summed E-state index contributed by atoms with van der Waals surface area (Å²) < 4.78 is 12.7. The first kappa shape index (κ1) is 16.9. The molecule has 0 radical (unpaired) electrons. The van der Waals surface area contributed by atoms with Gasteiger partial charge in [-0.15, -0.1) is 0 Å². The number of rotatable bonds is 1. The van der Waals surface area contributed by atoms with Gasteiger partial charge in [0.05, 0.1) is 0 Å². The monoisotopic (exact) mass is 322 g/mol. The van der Waals surface area contributed by atoms with Crippen LogP contribution in [0.2, 0.25) is 0 Å². The van der Waals surface area contributed by atoms with Crippen LogP contribution in [0.5, 0.6) is 11.5 Å². The van der Waals surface area contributed by atoms with Gasteiger partial charge in [0.1, 0.15) is 11.5 Å². The molecule has 3 rings (SSSR count). The predicted molar refractivity (Wildman–Crippen MR) is 102 cm³/mol. The molecule has 0 bridgehead atoms. The molecular formula is C21H27BO2. The summed E-state index contributed by atoms with van der Waals surface area (Å²) in [6.45, 7) is 19.5. The van der Waals surface area contributed by atoms with Crippen molar-refractivity contribution in [2.24, 2.45) is 0 Å². The third-order valence-electron chi connectivity index (χ3n) is 6.32. The minimum atomic E-state index is -0.350. The maximum atomic E-state index is 6.33. The number of fused-ring (bicyclic) bond motifs is 1. The largest absolute Gasteiger partial charge is 0.633 e. The number of benzene rings is 2. The van der Waals surface area contributed by atoms with Crippen LogP contribution in [0, 0.1) is 62.3 Å².